The molecule has 3 heteroatoms. The third kappa shape index (κ3) is 7.39. The molecule has 0 saturated carbocycles. The van der Waals surface area contributed by atoms with E-state index in [-0.39, 0.29) is 0 Å². The van der Waals surface area contributed by atoms with Gasteiger partial charge in [-0.2, -0.15) is 0 Å². The minimum atomic E-state index is -2.89. The standard InChI is InChI=1S/C72H50N2Si/c1-7-24-51(25-8-1)55-47-64(52-26-9-2-10-27-52)72(65(48-55)53-28-11-3-12-29-53)54-30-23-31-56(46-54)73-70-44-42-57(74-68-40-21-19-38-62(68)63-39-20-22-41-69(63)74)49-66(70)67-50-61(43-45-71(67)73)75(58-32-13-4-14-33-58,59-34-15-5-16-35-59)60-36-17-6-18-37-60/h1-50H. The van der Waals surface area contributed by atoms with E-state index in [2.05, 4.69) is 312 Å². The Kier molecular flexibility index (Phi) is 10.9. The topological polar surface area (TPSA) is 9.86 Å². The van der Waals surface area contributed by atoms with Gasteiger partial charge in [-0.3, -0.25) is 0 Å². The predicted molar refractivity (Wildman–Crippen MR) is 320 cm³/mol. The molecule has 14 aromatic rings. The molecule has 0 amide bonds. The molecule has 0 N–H and O–H groups in total. The van der Waals surface area contributed by atoms with Crippen molar-refractivity contribution < 1.29 is 0 Å². The summed E-state index contributed by atoms with van der Waals surface area (Å²) in [6.07, 6.45) is 0. The fourth-order valence-electron chi connectivity index (χ4n) is 12.2. The van der Waals surface area contributed by atoms with Crippen LogP contribution in [0, 0.1) is 0 Å². The summed E-state index contributed by atoms with van der Waals surface area (Å²) in [4.78, 5) is 0. The fourth-order valence-corrected chi connectivity index (χ4v) is 16.9. The number of rotatable bonds is 10. The molecule has 352 valence electrons. The zero-order chi connectivity index (χ0) is 49.7. The minimum absolute atomic E-state index is 1.10. The highest BCUT2D eigenvalue weighted by atomic mass is 28.3. The number of hydrogen-bond acceptors (Lipinski definition) is 0. The van der Waals surface area contributed by atoms with Crippen molar-refractivity contribution in [3.63, 3.8) is 0 Å². The van der Waals surface area contributed by atoms with Gasteiger partial charge in [0.1, 0.15) is 0 Å². The molecule has 0 aliphatic heterocycles. The van der Waals surface area contributed by atoms with Crippen LogP contribution in [0.25, 0.3) is 99.5 Å². The molecule has 0 aliphatic rings. The van der Waals surface area contributed by atoms with Crippen LogP contribution in [0.4, 0.5) is 0 Å². The maximum absolute atomic E-state index is 2.89. The smallest absolute Gasteiger partial charge is 0.179 e. The lowest BCUT2D eigenvalue weighted by Crippen LogP contribution is -2.74. The van der Waals surface area contributed by atoms with Crippen molar-refractivity contribution in [3.05, 3.63) is 303 Å². The molecule has 2 nitrogen and oxygen atoms in total. The first-order chi connectivity index (χ1) is 37.2. The highest BCUT2D eigenvalue weighted by molar-refractivity contribution is 7.20. The van der Waals surface area contributed by atoms with E-state index >= 15 is 0 Å². The second kappa shape index (κ2) is 18.5. The van der Waals surface area contributed by atoms with Gasteiger partial charge in [-0.1, -0.05) is 243 Å². The lowest BCUT2D eigenvalue weighted by Gasteiger charge is -2.34. The minimum Gasteiger partial charge on any atom is -0.309 e. The Balaban J connectivity index is 1.06. The Morgan fingerprint density at radius 1 is 0.213 bits per heavy atom. The third-order valence-electron chi connectivity index (χ3n) is 15.4. The Morgan fingerprint density at radius 2 is 0.600 bits per heavy atom. The van der Waals surface area contributed by atoms with E-state index in [0.29, 0.717) is 0 Å². The zero-order valence-electron chi connectivity index (χ0n) is 41.3. The monoisotopic (exact) mass is 970 g/mol. The van der Waals surface area contributed by atoms with E-state index < -0.39 is 8.07 Å². The maximum atomic E-state index is 2.55. The first-order valence-electron chi connectivity index (χ1n) is 25.9. The predicted octanol–water partition coefficient (Wildman–Crippen LogP) is 15.9. The lowest BCUT2D eigenvalue weighted by atomic mass is 9.84. The first-order valence-corrected chi connectivity index (χ1v) is 27.9. The normalized spacial score (nSPS) is 11.7. The molecule has 0 spiro atoms. The zero-order valence-corrected chi connectivity index (χ0v) is 42.3. The van der Waals surface area contributed by atoms with Gasteiger partial charge in [0.15, 0.2) is 8.07 Å². The fraction of sp³-hybridized carbons (Fsp3) is 0. The molecule has 75 heavy (non-hydrogen) atoms. The number of hydrogen-bond donors (Lipinski definition) is 0. The van der Waals surface area contributed by atoms with Crippen LogP contribution < -0.4 is 20.7 Å². The highest BCUT2D eigenvalue weighted by Crippen LogP contribution is 2.45. The van der Waals surface area contributed by atoms with Crippen molar-refractivity contribution in [2.24, 2.45) is 0 Å². The van der Waals surface area contributed by atoms with Crippen molar-refractivity contribution in [1.29, 1.82) is 0 Å². The molecule has 0 aliphatic carbocycles. The van der Waals surface area contributed by atoms with Gasteiger partial charge in [-0.15, -0.1) is 0 Å². The van der Waals surface area contributed by atoms with Crippen LogP contribution in [0.3, 0.4) is 0 Å². The average molecular weight is 971 g/mol. The molecule has 2 aromatic heterocycles. The van der Waals surface area contributed by atoms with E-state index in [9.17, 15) is 0 Å². The van der Waals surface area contributed by atoms with E-state index in [1.807, 2.05) is 0 Å². The van der Waals surface area contributed by atoms with E-state index in [1.54, 1.807) is 0 Å². The summed E-state index contributed by atoms with van der Waals surface area (Å²) in [5.74, 6) is 0. The molecular weight excluding hydrogens is 921 g/mol. The van der Waals surface area contributed by atoms with Gasteiger partial charge in [0.05, 0.1) is 22.1 Å². The molecule has 0 atom stereocenters. The molecule has 0 radical (unpaired) electrons. The maximum Gasteiger partial charge on any atom is 0.179 e. The van der Waals surface area contributed by atoms with Gasteiger partial charge in [-0.05, 0) is 126 Å². The number of benzene rings is 12. The third-order valence-corrected chi connectivity index (χ3v) is 20.2. The largest absolute Gasteiger partial charge is 0.309 e. The number of nitrogens with zero attached hydrogens (tertiary/aromatic N) is 2. The summed E-state index contributed by atoms with van der Waals surface area (Å²) >= 11 is 0. The molecule has 14 rings (SSSR count). The second-order valence-corrected chi connectivity index (χ2v) is 23.4. The Labute approximate surface area is 438 Å². The van der Waals surface area contributed by atoms with E-state index in [0.717, 1.165) is 28.0 Å². The average Bonchev–Trinajstić information content (AvgIpc) is 4.01. The Morgan fingerprint density at radius 3 is 1.11 bits per heavy atom. The molecule has 2 heterocycles. The quantitative estimate of drug-likeness (QED) is 0.0955. The lowest BCUT2D eigenvalue weighted by molar-refractivity contribution is 1.17. The molecule has 0 bridgehead atoms. The molecule has 0 fully saturated rings. The van der Waals surface area contributed by atoms with E-state index in [1.165, 1.54) is 92.3 Å². The van der Waals surface area contributed by atoms with Gasteiger partial charge >= 0.3 is 0 Å². The first kappa shape index (κ1) is 44.2. The molecule has 0 unspecified atom stereocenters. The molecule has 12 aromatic carbocycles. The van der Waals surface area contributed by atoms with Crippen LogP contribution in [0.2, 0.25) is 0 Å². The summed E-state index contributed by atoms with van der Waals surface area (Å²) < 4.78 is 4.96. The summed E-state index contributed by atoms with van der Waals surface area (Å²) in [7, 11) is -2.89. The van der Waals surface area contributed by atoms with Crippen molar-refractivity contribution >= 4 is 72.4 Å². The SMILES string of the molecule is c1ccc(-c2cc(-c3ccccc3)c(-c3cccc(-n4c5ccc(-n6c7ccccc7c7ccccc76)cc5c5cc([Si](c6ccccc6)(c6ccccc6)c6ccccc6)ccc54)c3)c(-c3ccccc3)c2)cc1. The van der Waals surface area contributed by atoms with E-state index in [4.69, 9.17) is 0 Å². The van der Waals surface area contributed by atoms with Crippen molar-refractivity contribution in [3.8, 4) is 55.9 Å². The Bertz CT molecular complexity index is 4160. The summed E-state index contributed by atoms with van der Waals surface area (Å²) in [5, 5.41) is 10.3. The van der Waals surface area contributed by atoms with Gasteiger partial charge in [0.25, 0.3) is 0 Å². The number of para-hydroxylation sites is 2. The summed E-state index contributed by atoms with van der Waals surface area (Å²) in [5.41, 5.74) is 16.4. The van der Waals surface area contributed by atoms with Crippen molar-refractivity contribution in [2.45, 2.75) is 0 Å². The van der Waals surface area contributed by atoms with Gasteiger partial charge in [-0.25, -0.2) is 0 Å². The van der Waals surface area contributed by atoms with Crippen LogP contribution in [0.5, 0.6) is 0 Å². The summed E-state index contributed by atoms with van der Waals surface area (Å²) in [6.45, 7) is 0. The van der Waals surface area contributed by atoms with Gasteiger partial charge in [0.2, 0.25) is 0 Å². The van der Waals surface area contributed by atoms with Crippen LogP contribution in [-0.2, 0) is 0 Å². The Hall–Kier alpha value is -9.54. The highest BCUT2D eigenvalue weighted by Gasteiger charge is 2.41. The van der Waals surface area contributed by atoms with Gasteiger partial charge < -0.3 is 9.13 Å². The van der Waals surface area contributed by atoms with Crippen LogP contribution in [0.1, 0.15) is 0 Å². The van der Waals surface area contributed by atoms with Gasteiger partial charge in [0, 0.05) is 32.9 Å². The second-order valence-electron chi connectivity index (χ2n) is 19.6. The van der Waals surface area contributed by atoms with Crippen LogP contribution >= 0.6 is 0 Å². The van der Waals surface area contributed by atoms with Crippen LogP contribution in [0.15, 0.2) is 303 Å². The summed E-state index contributed by atoms with van der Waals surface area (Å²) in [6, 6.07) is 113. The number of fused-ring (bicyclic) bond motifs is 6. The van der Waals surface area contributed by atoms with Crippen molar-refractivity contribution in [2.75, 3.05) is 0 Å². The van der Waals surface area contributed by atoms with Crippen LogP contribution in [-0.4, -0.2) is 17.2 Å². The molecule has 0 saturated heterocycles. The molecular formula is C72H50N2Si. The number of aromatic nitrogens is 2. The van der Waals surface area contributed by atoms with Crippen molar-refractivity contribution in [1.82, 2.24) is 9.13 Å².